The summed E-state index contributed by atoms with van der Waals surface area (Å²) in [6.07, 6.45) is 0. The summed E-state index contributed by atoms with van der Waals surface area (Å²) in [5.41, 5.74) is 0.695. The number of para-hydroxylation sites is 1. The van der Waals surface area contributed by atoms with Crippen LogP contribution in [-0.2, 0) is 21.4 Å². The molecule has 0 aliphatic carbocycles. The molecule has 0 aliphatic heterocycles. The van der Waals surface area contributed by atoms with E-state index >= 15 is 0 Å². The lowest BCUT2D eigenvalue weighted by Crippen LogP contribution is -2.32. The number of nitrogens with zero attached hydrogens (tertiary/aromatic N) is 1. The Morgan fingerprint density at radius 3 is 2.58 bits per heavy atom. The molecule has 0 spiro atoms. The van der Waals surface area contributed by atoms with Crippen molar-refractivity contribution in [3.05, 3.63) is 29.8 Å². The summed E-state index contributed by atoms with van der Waals surface area (Å²) in [6.45, 7) is 2.38. The van der Waals surface area contributed by atoms with Gasteiger partial charge in [0.15, 0.2) is 5.75 Å². The van der Waals surface area contributed by atoms with Gasteiger partial charge in [0.2, 0.25) is 10.0 Å². The molecule has 0 bridgehead atoms. The molecular weight excluding hydrogens is 270 g/mol. The summed E-state index contributed by atoms with van der Waals surface area (Å²) < 4.78 is 29.8. The monoisotopic (exact) mass is 287 g/mol. The summed E-state index contributed by atoms with van der Waals surface area (Å²) >= 11 is 0. The molecule has 1 N–H and O–H groups in total. The quantitative estimate of drug-likeness (QED) is 0.806. The number of benzene rings is 1. The van der Waals surface area contributed by atoms with Crippen molar-refractivity contribution in [1.29, 1.82) is 0 Å². The van der Waals surface area contributed by atoms with Crippen molar-refractivity contribution < 1.29 is 23.1 Å². The number of hydrogen-bond acceptors (Lipinski definition) is 4. The van der Waals surface area contributed by atoms with E-state index < -0.39 is 21.7 Å². The van der Waals surface area contributed by atoms with Crippen molar-refractivity contribution in [1.82, 2.24) is 4.31 Å². The van der Waals surface area contributed by atoms with Gasteiger partial charge in [-0.15, -0.1) is 0 Å². The van der Waals surface area contributed by atoms with Crippen LogP contribution in [0.15, 0.2) is 24.3 Å². The topological polar surface area (TPSA) is 83.9 Å². The second-order valence-corrected chi connectivity index (χ2v) is 6.02. The predicted molar refractivity (Wildman–Crippen MR) is 70.5 cm³/mol. The second kappa shape index (κ2) is 6.53. The summed E-state index contributed by atoms with van der Waals surface area (Å²) in [6, 6.07) is 7.06. The van der Waals surface area contributed by atoms with Crippen LogP contribution >= 0.6 is 0 Å². The maximum absolute atomic E-state index is 11.7. The van der Waals surface area contributed by atoms with E-state index in [9.17, 15) is 13.2 Å². The highest BCUT2D eigenvalue weighted by atomic mass is 32.2. The molecule has 0 amide bonds. The van der Waals surface area contributed by atoms with Gasteiger partial charge >= 0.3 is 5.97 Å². The Morgan fingerprint density at radius 1 is 1.37 bits per heavy atom. The molecule has 0 fully saturated rings. The molecule has 0 radical (unpaired) electrons. The van der Waals surface area contributed by atoms with E-state index in [1.165, 1.54) is 7.05 Å². The van der Waals surface area contributed by atoms with Crippen LogP contribution in [0.3, 0.4) is 0 Å². The van der Waals surface area contributed by atoms with E-state index in [0.29, 0.717) is 17.9 Å². The van der Waals surface area contributed by atoms with Crippen LogP contribution < -0.4 is 4.74 Å². The molecule has 0 heterocycles. The van der Waals surface area contributed by atoms with Gasteiger partial charge in [-0.25, -0.2) is 8.42 Å². The minimum absolute atomic E-state index is 0.0752. The van der Waals surface area contributed by atoms with Crippen LogP contribution in [0.1, 0.15) is 12.5 Å². The summed E-state index contributed by atoms with van der Waals surface area (Å²) in [7, 11) is -2.46. The first-order chi connectivity index (χ1) is 8.86. The highest BCUT2D eigenvalue weighted by molar-refractivity contribution is 7.89. The zero-order valence-corrected chi connectivity index (χ0v) is 11.7. The van der Waals surface area contributed by atoms with Crippen molar-refractivity contribution in [2.75, 3.05) is 19.4 Å². The number of aliphatic carboxylic acids is 1. The summed E-state index contributed by atoms with van der Waals surface area (Å²) in [5, 5.41) is 8.57. The number of ether oxygens (including phenoxy) is 1. The highest BCUT2D eigenvalue weighted by Gasteiger charge is 2.22. The third kappa shape index (κ3) is 4.53. The molecule has 0 aliphatic rings. The fourth-order valence-electron chi connectivity index (χ4n) is 1.54. The van der Waals surface area contributed by atoms with Crippen molar-refractivity contribution >= 4 is 16.0 Å². The Kier molecular flexibility index (Phi) is 5.31. The van der Waals surface area contributed by atoms with Gasteiger partial charge in [0, 0.05) is 19.2 Å². The largest absolute Gasteiger partial charge is 0.494 e. The normalized spacial score (nSPS) is 11.5. The Bertz CT molecular complexity index is 541. The summed E-state index contributed by atoms with van der Waals surface area (Å²) in [5.74, 6) is -1.69. The molecule has 7 heteroatoms. The molecule has 0 atom stereocenters. The Hall–Kier alpha value is -1.60. The molecule has 1 aromatic rings. The van der Waals surface area contributed by atoms with E-state index in [4.69, 9.17) is 9.84 Å². The molecule has 6 nitrogen and oxygen atoms in total. The molecule has 1 rings (SSSR count). The van der Waals surface area contributed by atoms with Gasteiger partial charge in [-0.3, -0.25) is 4.79 Å². The van der Waals surface area contributed by atoms with Crippen LogP contribution in [0, 0.1) is 0 Å². The highest BCUT2D eigenvalue weighted by Crippen LogP contribution is 2.20. The Morgan fingerprint density at radius 2 is 2.00 bits per heavy atom. The predicted octanol–water partition coefficient (Wildman–Crippen LogP) is 0.932. The Balaban J connectivity index is 2.87. The van der Waals surface area contributed by atoms with Crippen LogP contribution in [-0.4, -0.2) is 43.2 Å². The van der Waals surface area contributed by atoms with Crippen LogP contribution in [0.4, 0.5) is 0 Å². The zero-order valence-electron chi connectivity index (χ0n) is 10.9. The van der Waals surface area contributed by atoms with Crippen molar-refractivity contribution in [3.8, 4) is 5.75 Å². The lowest BCUT2D eigenvalue weighted by Gasteiger charge is -2.18. The smallest absolute Gasteiger partial charge is 0.320 e. The second-order valence-electron chi connectivity index (χ2n) is 3.95. The average Bonchev–Trinajstić information content (AvgIpc) is 2.30. The lowest BCUT2D eigenvalue weighted by atomic mass is 10.2. The van der Waals surface area contributed by atoms with Gasteiger partial charge in [-0.05, 0) is 13.0 Å². The number of carboxylic acid groups (broad SMARTS) is 1. The van der Waals surface area contributed by atoms with E-state index in [0.717, 1.165) is 4.31 Å². The average molecular weight is 287 g/mol. The van der Waals surface area contributed by atoms with Crippen LogP contribution in [0.5, 0.6) is 5.75 Å². The van der Waals surface area contributed by atoms with E-state index in [1.54, 1.807) is 24.3 Å². The van der Waals surface area contributed by atoms with E-state index in [-0.39, 0.29) is 6.54 Å². The van der Waals surface area contributed by atoms with Gasteiger partial charge in [0.05, 0.1) is 6.61 Å². The van der Waals surface area contributed by atoms with Crippen molar-refractivity contribution in [3.63, 3.8) is 0 Å². The number of carboxylic acids is 1. The third-order valence-electron chi connectivity index (χ3n) is 2.45. The fourth-order valence-corrected chi connectivity index (χ4v) is 2.40. The van der Waals surface area contributed by atoms with Crippen molar-refractivity contribution in [2.24, 2.45) is 0 Å². The first kappa shape index (κ1) is 15.5. The first-order valence-electron chi connectivity index (χ1n) is 5.73. The van der Waals surface area contributed by atoms with Gasteiger partial charge in [0.1, 0.15) is 5.75 Å². The molecule has 0 saturated carbocycles. The maximum atomic E-state index is 11.7. The SMILES string of the molecule is CCOc1ccccc1CN(C)S(=O)(=O)CC(=O)O. The number of carbonyl (C=O) groups is 1. The van der Waals surface area contributed by atoms with Gasteiger partial charge in [0.25, 0.3) is 0 Å². The molecule has 0 aromatic heterocycles. The van der Waals surface area contributed by atoms with Gasteiger partial charge < -0.3 is 9.84 Å². The zero-order chi connectivity index (χ0) is 14.5. The standard InChI is InChI=1S/C12H17NO5S/c1-3-18-11-7-5-4-6-10(11)8-13(2)19(16,17)9-12(14)15/h4-7H,3,8-9H2,1-2H3,(H,14,15). The molecular formula is C12H17NO5S. The first-order valence-corrected chi connectivity index (χ1v) is 7.34. The number of hydrogen-bond donors (Lipinski definition) is 1. The molecule has 1 aromatic carbocycles. The molecule has 106 valence electrons. The maximum Gasteiger partial charge on any atom is 0.320 e. The minimum atomic E-state index is -3.81. The lowest BCUT2D eigenvalue weighted by molar-refractivity contribution is -0.134. The number of sulfonamides is 1. The molecule has 19 heavy (non-hydrogen) atoms. The van der Waals surface area contributed by atoms with Gasteiger partial charge in [-0.2, -0.15) is 4.31 Å². The fraction of sp³-hybridized carbons (Fsp3) is 0.417. The van der Waals surface area contributed by atoms with E-state index in [1.807, 2.05) is 6.92 Å². The Labute approximate surface area is 112 Å². The van der Waals surface area contributed by atoms with Crippen LogP contribution in [0.2, 0.25) is 0 Å². The molecule has 0 unspecified atom stereocenters. The third-order valence-corrected chi connectivity index (χ3v) is 4.14. The van der Waals surface area contributed by atoms with Crippen molar-refractivity contribution in [2.45, 2.75) is 13.5 Å². The number of rotatable bonds is 7. The summed E-state index contributed by atoms with van der Waals surface area (Å²) in [4.78, 5) is 10.5. The van der Waals surface area contributed by atoms with Crippen LogP contribution in [0.25, 0.3) is 0 Å². The van der Waals surface area contributed by atoms with E-state index in [2.05, 4.69) is 0 Å². The molecule has 0 saturated heterocycles. The van der Waals surface area contributed by atoms with Gasteiger partial charge in [-0.1, -0.05) is 18.2 Å². The minimum Gasteiger partial charge on any atom is -0.494 e.